The molecule has 1 aliphatic heterocycles. The molecular weight excluding hydrogens is 336 g/mol. The van der Waals surface area contributed by atoms with E-state index in [0.717, 1.165) is 32.7 Å². The molecular formula is C14H25BrN4S. The lowest BCUT2D eigenvalue weighted by Crippen LogP contribution is -2.50. The normalized spacial score (nSPS) is 19.6. The van der Waals surface area contributed by atoms with Gasteiger partial charge in [-0.05, 0) is 42.2 Å². The van der Waals surface area contributed by atoms with E-state index in [4.69, 9.17) is 5.73 Å². The maximum atomic E-state index is 6.01. The summed E-state index contributed by atoms with van der Waals surface area (Å²) >= 11 is 5.35. The zero-order valence-corrected chi connectivity index (χ0v) is 14.8. The first kappa shape index (κ1) is 16.4. The highest BCUT2D eigenvalue weighted by atomic mass is 79.9. The number of halogens is 1. The van der Waals surface area contributed by atoms with E-state index in [1.54, 1.807) is 11.3 Å². The standard InChI is InChI=1S/C14H25BrN4S/c1-17(2)5-6-18-7-9-19(10-8-18)12(11-16)13-3-4-14(15)20-13/h3-4,12H,5-11,16H2,1-2H3. The summed E-state index contributed by atoms with van der Waals surface area (Å²) in [7, 11) is 4.27. The summed E-state index contributed by atoms with van der Waals surface area (Å²) in [4.78, 5) is 8.71. The van der Waals surface area contributed by atoms with Crippen molar-refractivity contribution >= 4 is 27.3 Å². The van der Waals surface area contributed by atoms with Gasteiger partial charge in [-0.25, -0.2) is 0 Å². The number of nitrogens with two attached hydrogens (primary N) is 1. The summed E-state index contributed by atoms with van der Waals surface area (Å²) in [5.74, 6) is 0. The maximum Gasteiger partial charge on any atom is 0.0702 e. The van der Waals surface area contributed by atoms with Gasteiger partial charge in [0, 0.05) is 50.7 Å². The molecule has 2 N–H and O–H groups in total. The van der Waals surface area contributed by atoms with Crippen LogP contribution in [0.3, 0.4) is 0 Å². The molecule has 0 aliphatic carbocycles. The van der Waals surface area contributed by atoms with Crippen LogP contribution < -0.4 is 5.73 Å². The topological polar surface area (TPSA) is 35.7 Å². The van der Waals surface area contributed by atoms with Crippen LogP contribution in [0.2, 0.25) is 0 Å². The molecule has 0 amide bonds. The van der Waals surface area contributed by atoms with Crippen molar-refractivity contribution in [2.24, 2.45) is 5.73 Å². The van der Waals surface area contributed by atoms with Crippen molar-refractivity contribution in [3.63, 3.8) is 0 Å². The van der Waals surface area contributed by atoms with Crippen molar-refractivity contribution in [2.75, 3.05) is 59.9 Å². The van der Waals surface area contributed by atoms with Gasteiger partial charge in [-0.15, -0.1) is 11.3 Å². The average molecular weight is 361 g/mol. The van der Waals surface area contributed by atoms with Crippen LogP contribution in [0.15, 0.2) is 15.9 Å². The molecule has 0 spiro atoms. The Morgan fingerprint density at radius 1 is 1.30 bits per heavy atom. The van der Waals surface area contributed by atoms with Crippen LogP contribution in [0.5, 0.6) is 0 Å². The summed E-state index contributed by atoms with van der Waals surface area (Å²) in [5, 5.41) is 0. The van der Waals surface area contributed by atoms with E-state index < -0.39 is 0 Å². The van der Waals surface area contributed by atoms with E-state index in [9.17, 15) is 0 Å². The van der Waals surface area contributed by atoms with Crippen LogP contribution in [0.1, 0.15) is 10.9 Å². The second-order valence-electron chi connectivity index (χ2n) is 5.57. The van der Waals surface area contributed by atoms with Gasteiger partial charge in [-0.1, -0.05) is 0 Å². The predicted molar refractivity (Wildman–Crippen MR) is 90.4 cm³/mol. The minimum absolute atomic E-state index is 0.377. The van der Waals surface area contributed by atoms with E-state index >= 15 is 0 Å². The number of hydrogen-bond donors (Lipinski definition) is 1. The molecule has 2 rings (SSSR count). The first-order valence-corrected chi connectivity index (χ1v) is 8.77. The van der Waals surface area contributed by atoms with Crippen LogP contribution in [0.4, 0.5) is 0 Å². The molecule has 0 saturated carbocycles. The third-order valence-corrected chi connectivity index (χ3v) is 5.58. The molecule has 6 heteroatoms. The van der Waals surface area contributed by atoms with Crippen LogP contribution in [0, 0.1) is 0 Å². The third-order valence-electron chi connectivity index (χ3n) is 3.86. The predicted octanol–water partition coefficient (Wildman–Crippen LogP) is 1.69. The lowest BCUT2D eigenvalue weighted by Gasteiger charge is -2.39. The molecule has 1 aromatic heterocycles. The first-order valence-electron chi connectivity index (χ1n) is 7.16. The first-order chi connectivity index (χ1) is 9.60. The van der Waals surface area contributed by atoms with Gasteiger partial charge >= 0.3 is 0 Å². The van der Waals surface area contributed by atoms with Crippen LogP contribution >= 0.6 is 27.3 Å². The molecule has 0 radical (unpaired) electrons. The minimum Gasteiger partial charge on any atom is -0.329 e. The van der Waals surface area contributed by atoms with Gasteiger partial charge in [-0.2, -0.15) is 0 Å². The summed E-state index contributed by atoms with van der Waals surface area (Å²) in [6, 6.07) is 4.70. The highest BCUT2D eigenvalue weighted by molar-refractivity contribution is 9.11. The fraction of sp³-hybridized carbons (Fsp3) is 0.714. The van der Waals surface area contributed by atoms with E-state index in [0.29, 0.717) is 12.6 Å². The zero-order valence-electron chi connectivity index (χ0n) is 12.4. The Hall–Kier alpha value is 0.0200. The fourth-order valence-electron chi connectivity index (χ4n) is 2.59. The molecule has 1 atom stereocenters. The van der Waals surface area contributed by atoms with Crippen LogP contribution in [0.25, 0.3) is 0 Å². The Morgan fingerprint density at radius 3 is 2.50 bits per heavy atom. The van der Waals surface area contributed by atoms with Crippen molar-refractivity contribution in [3.05, 3.63) is 20.8 Å². The number of hydrogen-bond acceptors (Lipinski definition) is 5. The van der Waals surface area contributed by atoms with Crippen LogP contribution in [-0.2, 0) is 0 Å². The molecule has 4 nitrogen and oxygen atoms in total. The van der Waals surface area contributed by atoms with Gasteiger partial charge in [0.05, 0.1) is 9.83 Å². The lowest BCUT2D eigenvalue weighted by atomic mass is 10.1. The Labute approximate surface area is 134 Å². The summed E-state index contributed by atoms with van der Waals surface area (Å²) in [6.45, 7) is 7.53. The second-order valence-corrected chi connectivity index (χ2v) is 8.07. The van der Waals surface area contributed by atoms with E-state index in [1.165, 1.54) is 15.2 Å². The second kappa shape index (κ2) is 7.87. The number of nitrogens with zero attached hydrogens (tertiary/aromatic N) is 3. The quantitative estimate of drug-likeness (QED) is 0.837. The van der Waals surface area contributed by atoms with Gasteiger partial charge in [0.1, 0.15) is 0 Å². The number of likely N-dealkylation sites (N-methyl/N-ethyl adjacent to an activating group) is 1. The molecule has 114 valence electrons. The van der Waals surface area contributed by atoms with Gasteiger partial charge in [0.15, 0.2) is 0 Å². The molecule has 0 bridgehead atoms. The van der Waals surface area contributed by atoms with Crippen LogP contribution in [-0.4, -0.2) is 74.6 Å². The van der Waals surface area contributed by atoms with E-state index in [-0.39, 0.29) is 0 Å². The molecule has 1 saturated heterocycles. The smallest absolute Gasteiger partial charge is 0.0702 e. The monoisotopic (exact) mass is 360 g/mol. The zero-order chi connectivity index (χ0) is 14.5. The Morgan fingerprint density at radius 2 is 2.00 bits per heavy atom. The Kier molecular flexibility index (Phi) is 6.45. The largest absolute Gasteiger partial charge is 0.329 e. The van der Waals surface area contributed by atoms with E-state index in [2.05, 4.69) is 56.9 Å². The number of rotatable bonds is 6. The lowest BCUT2D eigenvalue weighted by molar-refractivity contribution is 0.0952. The van der Waals surface area contributed by atoms with E-state index in [1.807, 2.05) is 0 Å². The molecule has 2 heterocycles. The minimum atomic E-state index is 0.377. The SMILES string of the molecule is CN(C)CCN1CCN(C(CN)c2ccc(Br)s2)CC1. The summed E-state index contributed by atoms with van der Waals surface area (Å²) in [6.07, 6.45) is 0. The third kappa shape index (κ3) is 4.51. The van der Waals surface area contributed by atoms with Crippen molar-refractivity contribution in [2.45, 2.75) is 6.04 Å². The fourth-order valence-corrected chi connectivity index (χ4v) is 4.16. The molecule has 1 unspecified atom stereocenters. The average Bonchev–Trinajstić information content (AvgIpc) is 2.85. The highest BCUT2D eigenvalue weighted by Gasteiger charge is 2.24. The van der Waals surface area contributed by atoms with Gasteiger partial charge < -0.3 is 10.6 Å². The molecule has 20 heavy (non-hydrogen) atoms. The molecule has 1 aliphatic rings. The Balaban J connectivity index is 1.85. The molecule has 0 aromatic carbocycles. The van der Waals surface area contributed by atoms with Gasteiger partial charge in [0.2, 0.25) is 0 Å². The van der Waals surface area contributed by atoms with Crippen molar-refractivity contribution < 1.29 is 0 Å². The highest BCUT2D eigenvalue weighted by Crippen LogP contribution is 2.30. The Bertz CT molecular complexity index is 402. The number of thiophene rings is 1. The maximum absolute atomic E-state index is 6.01. The van der Waals surface area contributed by atoms with Gasteiger partial charge in [-0.3, -0.25) is 9.80 Å². The number of piperazine rings is 1. The summed E-state index contributed by atoms with van der Waals surface area (Å²) in [5.41, 5.74) is 6.01. The van der Waals surface area contributed by atoms with Crippen molar-refractivity contribution in [3.8, 4) is 0 Å². The van der Waals surface area contributed by atoms with Crippen molar-refractivity contribution in [1.29, 1.82) is 0 Å². The molecule has 1 aromatic rings. The van der Waals surface area contributed by atoms with Gasteiger partial charge in [0.25, 0.3) is 0 Å². The summed E-state index contributed by atoms with van der Waals surface area (Å²) < 4.78 is 1.19. The molecule has 1 fully saturated rings. The van der Waals surface area contributed by atoms with Crippen molar-refractivity contribution in [1.82, 2.24) is 14.7 Å².